The van der Waals surface area contributed by atoms with Crippen LogP contribution in [-0.4, -0.2) is 69.8 Å². The average Bonchev–Trinajstić information content (AvgIpc) is 3.39. The van der Waals surface area contributed by atoms with E-state index in [9.17, 15) is 0 Å². The fourth-order valence-electron chi connectivity index (χ4n) is 6.62. The van der Waals surface area contributed by atoms with Crippen molar-refractivity contribution in [1.82, 2.24) is 24.8 Å². The molecular weight excluding hydrogens is 390 g/mol. The van der Waals surface area contributed by atoms with Gasteiger partial charge >= 0.3 is 0 Å². The third-order valence-electron chi connectivity index (χ3n) is 8.41. The average molecular weight is 420 g/mol. The van der Waals surface area contributed by atoms with Gasteiger partial charge in [-0.05, 0) is 49.5 Å². The van der Waals surface area contributed by atoms with Crippen molar-refractivity contribution in [2.24, 2.45) is 17.8 Å². The topological polar surface area (TPSA) is 93.3 Å². The van der Waals surface area contributed by atoms with Crippen LogP contribution in [0.15, 0.2) is 18.5 Å². The zero-order valence-corrected chi connectivity index (χ0v) is 17.7. The third-order valence-corrected chi connectivity index (χ3v) is 8.41. The molecule has 162 valence electrons. The number of nitrogen functional groups attached to an aromatic ring is 1. The van der Waals surface area contributed by atoms with Gasteiger partial charge in [0.15, 0.2) is 0 Å². The van der Waals surface area contributed by atoms with Crippen LogP contribution in [0.5, 0.6) is 0 Å². The molecule has 2 aromatic rings. The second-order valence-corrected chi connectivity index (χ2v) is 10.2. The molecule has 31 heavy (non-hydrogen) atoms. The van der Waals surface area contributed by atoms with Gasteiger partial charge in [-0.25, -0.2) is 19.9 Å². The maximum Gasteiger partial charge on any atom is 0.226 e. The van der Waals surface area contributed by atoms with Crippen molar-refractivity contribution in [3.8, 4) is 11.3 Å². The molecule has 6 fully saturated rings. The van der Waals surface area contributed by atoms with Crippen LogP contribution in [0.4, 0.5) is 11.9 Å². The lowest BCUT2D eigenvalue weighted by molar-refractivity contribution is -0.0806. The van der Waals surface area contributed by atoms with Crippen LogP contribution in [0.2, 0.25) is 0 Å². The normalized spacial score (nSPS) is 34.6. The standard InChI is InChI=1S/C23H29N7O/c24-22-25-6-16(7-26-22)19-5-20(28-23(27-19)30-8-13-3-17(30)4-13)21-14-1-2-15(21)10-29(9-14)18-11-31-12-18/h5-7,13-15,17-18,21H,1-4,8-12H2,(H2,24,25,26). The molecule has 8 rings (SSSR count). The van der Waals surface area contributed by atoms with E-state index in [0.717, 1.165) is 42.9 Å². The summed E-state index contributed by atoms with van der Waals surface area (Å²) in [6.07, 6.45) is 8.76. The first-order valence-corrected chi connectivity index (χ1v) is 11.8. The number of hydrogen-bond donors (Lipinski definition) is 1. The van der Waals surface area contributed by atoms with Crippen LogP contribution < -0.4 is 10.6 Å². The van der Waals surface area contributed by atoms with Crippen LogP contribution in [0, 0.1) is 17.8 Å². The highest BCUT2D eigenvalue weighted by Crippen LogP contribution is 2.49. The predicted octanol–water partition coefficient (Wildman–Crippen LogP) is 1.94. The van der Waals surface area contributed by atoms with Gasteiger partial charge in [-0.3, -0.25) is 4.90 Å². The molecule has 0 spiro atoms. The zero-order chi connectivity index (χ0) is 20.5. The molecule has 0 radical (unpaired) electrons. The van der Waals surface area contributed by atoms with Gasteiger partial charge in [0.2, 0.25) is 11.9 Å². The maximum absolute atomic E-state index is 5.73. The summed E-state index contributed by atoms with van der Waals surface area (Å²) in [5.74, 6) is 3.89. The molecule has 0 aromatic carbocycles. The van der Waals surface area contributed by atoms with Crippen LogP contribution in [0.25, 0.3) is 11.3 Å². The van der Waals surface area contributed by atoms with Crippen LogP contribution in [-0.2, 0) is 4.74 Å². The smallest absolute Gasteiger partial charge is 0.226 e. The fourth-order valence-corrected chi connectivity index (χ4v) is 6.62. The molecule has 4 aliphatic heterocycles. The minimum atomic E-state index is 0.295. The zero-order valence-electron chi connectivity index (χ0n) is 17.7. The Labute approximate surface area is 182 Å². The molecule has 2 saturated carbocycles. The highest BCUT2D eigenvalue weighted by atomic mass is 16.5. The second-order valence-electron chi connectivity index (χ2n) is 10.2. The van der Waals surface area contributed by atoms with E-state index in [2.05, 4.69) is 25.8 Å². The van der Waals surface area contributed by atoms with E-state index in [1.54, 1.807) is 12.4 Å². The highest BCUT2D eigenvalue weighted by molar-refractivity contribution is 5.60. The van der Waals surface area contributed by atoms with Gasteiger partial charge in [-0.15, -0.1) is 0 Å². The number of anilines is 2. The van der Waals surface area contributed by atoms with Gasteiger partial charge in [0.1, 0.15) is 0 Å². The number of nitrogens with two attached hydrogens (primary N) is 1. The molecule has 2 N–H and O–H groups in total. The largest absolute Gasteiger partial charge is 0.378 e. The molecule has 4 saturated heterocycles. The Hall–Kier alpha value is -2.32. The Morgan fingerprint density at radius 1 is 0.935 bits per heavy atom. The Balaban J connectivity index is 1.26. The van der Waals surface area contributed by atoms with Crippen molar-refractivity contribution >= 4 is 11.9 Å². The van der Waals surface area contributed by atoms with Gasteiger partial charge in [0, 0.05) is 49.6 Å². The first-order chi connectivity index (χ1) is 15.2. The van der Waals surface area contributed by atoms with Crippen molar-refractivity contribution in [2.45, 2.75) is 43.7 Å². The van der Waals surface area contributed by atoms with E-state index >= 15 is 0 Å². The summed E-state index contributed by atoms with van der Waals surface area (Å²) in [5, 5.41) is 0. The van der Waals surface area contributed by atoms with Crippen LogP contribution >= 0.6 is 0 Å². The van der Waals surface area contributed by atoms with Crippen molar-refractivity contribution < 1.29 is 4.74 Å². The number of fused-ring (bicyclic) bond motifs is 3. The summed E-state index contributed by atoms with van der Waals surface area (Å²) in [7, 11) is 0. The number of ether oxygens (including phenoxy) is 1. The van der Waals surface area contributed by atoms with E-state index < -0.39 is 0 Å². The van der Waals surface area contributed by atoms with Crippen LogP contribution in [0.1, 0.15) is 37.3 Å². The first kappa shape index (κ1) is 18.3. The van der Waals surface area contributed by atoms with E-state index in [-0.39, 0.29) is 0 Å². The number of aromatic nitrogens is 4. The summed E-state index contributed by atoms with van der Waals surface area (Å²) in [4.78, 5) is 23.7. The lowest BCUT2D eigenvalue weighted by Crippen LogP contribution is -2.54. The summed E-state index contributed by atoms with van der Waals surface area (Å²) >= 11 is 0. The number of hydrogen-bond acceptors (Lipinski definition) is 8. The Kier molecular flexibility index (Phi) is 4.03. The molecule has 2 aromatic heterocycles. The number of nitrogens with zero attached hydrogens (tertiary/aromatic N) is 6. The van der Waals surface area contributed by atoms with Crippen LogP contribution in [0.3, 0.4) is 0 Å². The van der Waals surface area contributed by atoms with Gasteiger partial charge in [0.25, 0.3) is 0 Å². The van der Waals surface area contributed by atoms with Gasteiger partial charge < -0.3 is 15.4 Å². The Bertz CT molecular complexity index is 974. The highest BCUT2D eigenvalue weighted by Gasteiger charge is 2.47. The molecule has 0 amide bonds. The molecule has 6 aliphatic rings. The molecule has 2 unspecified atom stereocenters. The summed E-state index contributed by atoms with van der Waals surface area (Å²) in [6, 6.07) is 3.45. The Morgan fingerprint density at radius 2 is 1.68 bits per heavy atom. The minimum Gasteiger partial charge on any atom is -0.378 e. The second kappa shape index (κ2) is 6.84. The maximum atomic E-state index is 5.73. The monoisotopic (exact) mass is 419 g/mol. The van der Waals surface area contributed by atoms with Gasteiger partial charge in [0.05, 0.1) is 30.6 Å². The first-order valence-electron chi connectivity index (χ1n) is 11.8. The van der Waals surface area contributed by atoms with Gasteiger partial charge in [-0.1, -0.05) is 0 Å². The summed E-state index contributed by atoms with van der Waals surface area (Å²) in [6.45, 7) is 5.24. The van der Waals surface area contributed by atoms with E-state index in [1.165, 1.54) is 44.5 Å². The molecule has 8 nitrogen and oxygen atoms in total. The Morgan fingerprint density at radius 3 is 2.29 bits per heavy atom. The molecule has 2 aliphatic carbocycles. The molecule has 4 bridgehead atoms. The number of piperidine rings is 1. The van der Waals surface area contributed by atoms with E-state index in [4.69, 9.17) is 20.4 Å². The van der Waals surface area contributed by atoms with E-state index in [1.807, 2.05) is 0 Å². The van der Waals surface area contributed by atoms with Gasteiger partial charge in [-0.2, -0.15) is 0 Å². The molecule has 6 heterocycles. The lowest BCUT2D eigenvalue weighted by Gasteiger charge is -2.44. The van der Waals surface area contributed by atoms with Crippen molar-refractivity contribution in [3.63, 3.8) is 0 Å². The lowest BCUT2D eigenvalue weighted by atomic mass is 9.81. The number of rotatable bonds is 4. The quantitative estimate of drug-likeness (QED) is 0.804. The minimum absolute atomic E-state index is 0.295. The summed E-state index contributed by atoms with van der Waals surface area (Å²) in [5.41, 5.74) is 8.79. The third kappa shape index (κ3) is 2.95. The molecule has 2 atom stereocenters. The fraction of sp³-hybridized carbons (Fsp3) is 0.652. The number of likely N-dealkylation sites (tertiary alicyclic amines) is 1. The predicted molar refractivity (Wildman–Crippen MR) is 116 cm³/mol. The van der Waals surface area contributed by atoms with Crippen molar-refractivity contribution in [3.05, 3.63) is 24.2 Å². The van der Waals surface area contributed by atoms with E-state index in [0.29, 0.717) is 35.8 Å². The van der Waals surface area contributed by atoms with Crippen molar-refractivity contribution in [2.75, 3.05) is 43.5 Å². The molecule has 8 heteroatoms. The SMILES string of the molecule is Nc1ncc(-c2cc(C3C4CCC3CN(C3COC3)C4)nc(N3CC4CC3C4)n2)cn1. The molecular formula is C23H29N7O. The summed E-state index contributed by atoms with van der Waals surface area (Å²) < 4.78 is 5.46. The van der Waals surface area contributed by atoms with Crippen molar-refractivity contribution in [1.29, 1.82) is 0 Å².